The van der Waals surface area contributed by atoms with E-state index < -0.39 is 5.97 Å². The van der Waals surface area contributed by atoms with Crippen LogP contribution in [0.5, 0.6) is 0 Å². The van der Waals surface area contributed by atoms with Crippen molar-refractivity contribution in [2.75, 3.05) is 5.32 Å². The standard InChI is InChI=1S/C13H18N2O2/c1-13(2)8-4-6-10(13)15-11-7-3-5-9(14-11)12(16)17/h3,5,7,10H,4,6,8H2,1-2H3,(H,14,15)(H,16,17). The summed E-state index contributed by atoms with van der Waals surface area (Å²) in [6.45, 7) is 4.47. The van der Waals surface area contributed by atoms with Crippen LogP contribution in [0.15, 0.2) is 18.2 Å². The first kappa shape index (κ1) is 11.9. The van der Waals surface area contributed by atoms with E-state index in [2.05, 4.69) is 24.1 Å². The molecule has 1 aromatic heterocycles. The van der Waals surface area contributed by atoms with Crippen LogP contribution in [0.4, 0.5) is 5.82 Å². The van der Waals surface area contributed by atoms with Gasteiger partial charge < -0.3 is 10.4 Å². The Hall–Kier alpha value is -1.58. The van der Waals surface area contributed by atoms with Crippen LogP contribution in [0, 0.1) is 5.41 Å². The van der Waals surface area contributed by atoms with Gasteiger partial charge in [0.25, 0.3) is 0 Å². The molecule has 1 aromatic rings. The molecule has 1 atom stereocenters. The second kappa shape index (κ2) is 4.35. The highest BCUT2D eigenvalue weighted by Gasteiger charge is 2.34. The molecule has 1 aliphatic carbocycles. The first-order valence-electron chi connectivity index (χ1n) is 5.96. The van der Waals surface area contributed by atoms with Crippen LogP contribution in [0.1, 0.15) is 43.6 Å². The number of nitrogens with zero attached hydrogens (tertiary/aromatic N) is 1. The summed E-state index contributed by atoms with van der Waals surface area (Å²) < 4.78 is 0. The lowest BCUT2D eigenvalue weighted by atomic mass is 9.87. The topological polar surface area (TPSA) is 62.2 Å². The average Bonchev–Trinajstić information content (AvgIpc) is 2.59. The van der Waals surface area contributed by atoms with Crippen LogP contribution in [-0.2, 0) is 0 Å². The van der Waals surface area contributed by atoms with E-state index in [0.29, 0.717) is 11.9 Å². The van der Waals surface area contributed by atoms with Crippen molar-refractivity contribution in [1.29, 1.82) is 0 Å². The van der Waals surface area contributed by atoms with Crippen molar-refractivity contribution in [3.8, 4) is 0 Å². The zero-order valence-electron chi connectivity index (χ0n) is 10.2. The molecular formula is C13H18N2O2. The number of carboxylic acids is 1. The van der Waals surface area contributed by atoms with Gasteiger partial charge in [0.1, 0.15) is 5.82 Å². The van der Waals surface area contributed by atoms with Gasteiger partial charge in [-0.05, 0) is 30.4 Å². The minimum Gasteiger partial charge on any atom is -0.477 e. The Bertz CT molecular complexity index is 429. The quantitative estimate of drug-likeness (QED) is 0.844. The van der Waals surface area contributed by atoms with Crippen molar-refractivity contribution >= 4 is 11.8 Å². The molecule has 0 radical (unpaired) electrons. The van der Waals surface area contributed by atoms with Crippen molar-refractivity contribution < 1.29 is 9.90 Å². The molecule has 2 rings (SSSR count). The zero-order chi connectivity index (χ0) is 12.5. The van der Waals surface area contributed by atoms with E-state index in [1.165, 1.54) is 18.9 Å². The Labute approximate surface area is 101 Å². The molecule has 1 aliphatic rings. The number of hydrogen-bond donors (Lipinski definition) is 2. The second-order valence-corrected chi connectivity index (χ2v) is 5.29. The highest BCUT2D eigenvalue weighted by atomic mass is 16.4. The molecule has 2 N–H and O–H groups in total. The summed E-state index contributed by atoms with van der Waals surface area (Å²) in [6.07, 6.45) is 3.53. The third-order valence-electron chi connectivity index (χ3n) is 3.55. The van der Waals surface area contributed by atoms with Crippen LogP contribution >= 0.6 is 0 Å². The lowest BCUT2D eigenvalue weighted by Crippen LogP contribution is -2.31. The fourth-order valence-electron chi connectivity index (χ4n) is 2.41. The maximum Gasteiger partial charge on any atom is 0.354 e. The van der Waals surface area contributed by atoms with Crippen LogP contribution in [-0.4, -0.2) is 22.1 Å². The molecule has 4 nitrogen and oxygen atoms in total. The number of aromatic carboxylic acids is 1. The minimum atomic E-state index is -0.987. The summed E-state index contributed by atoms with van der Waals surface area (Å²) in [6, 6.07) is 5.42. The Kier molecular flexibility index (Phi) is 3.05. The number of pyridine rings is 1. The van der Waals surface area contributed by atoms with Crippen molar-refractivity contribution in [3.63, 3.8) is 0 Å². The van der Waals surface area contributed by atoms with Gasteiger partial charge in [-0.2, -0.15) is 0 Å². The third kappa shape index (κ3) is 2.57. The minimum absolute atomic E-state index is 0.0887. The molecule has 1 heterocycles. The number of rotatable bonds is 3. The van der Waals surface area contributed by atoms with Gasteiger partial charge >= 0.3 is 5.97 Å². The molecule has 0 spiro atoms. The van der Waals surface area contributed by atoms with Gasteiger partial charge in [-0.15, -0.1) is 0 Å². The summed E-state index contributed by atoms with van der Waals surface area (Å²) in [5.74, 6) is -0.329. The summed E-state index contributed by atoms with van der Waals surface area (Å²) in [7, 11) is 0. The molecule has 4 heteroatoms. The Morgan fingerprint density at radius 2 is 2.29 bits per heavy atom. The number of hydrogen-bond acceptors (Lipinski definition) is 3. The van der Waals surface area contributed by atoms with Gasteiger partial charge in [-0.25, -0.2) is 9.78 Å². The Morgan fingerprint density at radius 1 is 1.53 bits per heavy atom. The van der Waals surface area contributed by atoms with Crippen LogP contribution in [0.3, 0.4) is 0 Å². The van der Waals surface area contributed by atoms with E-state index in [4.69, 9.17) is 5.11 Å². The number of carboxylic acid groups (broad SMARTS) is 1. The fraction of sp³-hybridized carbons (Fsp3) is 0.538. The fourth-order valence-corrected chi connectivity index (χ4v) is 2.41. The van der Waals surface area contributed by atoms with Crippen molar-refractivity contribution in [1.82, 2.24) is 4.98 Å². The first-order valence-corrected chi connectivity index (χ1v) is 5.96. The highest BCUT2D eigenvalue weighted by molar-refractivity contribution is 5.85. The monoisotopic (exact) mass is 234 g/mol. The van der Waals surface area contributed by atoms with Crippen LogP contribution < -0.4 is 5.32 Å². The second-order valence-electron chi connectivity index (χ2n) is 5.29. The van der Waals surface area contributed by atoms with E-state index in [0.717, 1.165) is 6.42 Å². The van der Waals surface area contributed by atoms with Crippen LogP contribution in [0.25, 0.3) is 0 Å². The Morgan fingerprint density at radius 3 is 2.88 bits per heavy atom. The van der Waals surface area contributed by atoms with Gasteiger partial charge in [-0.1, -0.05) is 26.3 Å². The first-order chi connectivity index (χ1) is 7.99. The predicted molar refractivity (Wildman–Crippen MR) is 66.2 cm³/mol. The SMILES string of the molecule is CC1(C)CCCC1Nc1cccc(C(=O)O)n1. The van der Waals surface area contributed by atoms with E-state index in [1.54, 1.807) is 6.07 Å². The maximum atomic E-state index is 10.8. The molecule has 0 aromatic carbocycles. The molecule has 0 amide bonds. The number of aromatic nitrogens is 1. The largest absolute Gasteiger partial charge is 0.477 e. The molecule has 17 heavy (non-hydrogen) atoms. The molecule has 1 saturated carbocycles. The number of nitrogens with one attached hydrogen (secondary N) is 1. The molecule has 1 unspecified atom stereocenters. The van der Waals surface area contributed by atoms with E-state index in [9.17, 15) is 4.79 Å². The van der Waals surface area contributed by atoms with Gasteiger partial charge in [0.15, 0.2) is 5.69 Å². The van der Waals surface area contributed by atoms with Crippen molar-refractivity contribution in [2.45, 2.75) is 39.2 Å². The third-order valence-corrected chi connectivity index (χ3v) is 3.55. The van der Waals surface area contributed by atoms with Gasteiger partial charge in [0.05, 0.1) is 0 Å². The lowest BCUT2D eigenvalue weighted by Gasteiger charge is -2.28. The number of anilines is 1. The molecule has 0 saturated heterocycles. The number of carbonyl (C=O) groups is 1. The highest BCUT2D eigenvalue weighted by Crippen LogP contribution is 2.38. The summed E-state index contributed by atoms with van der Waals surface area (Å²) in [4.78, 5) is 14.9. The van der Waals surface area contributed by atoms with E-state index >= 15 is 0 Å². The van der Waals surface area contributed by atoms with Crippen LogP contribution in [0.2, 0.25) is 0 Å². The smallest absolute Gasteiger partial charge is 0.354 e. The van der Waals surface area contributed by atoms with Gasteiger partial charge in [-0.3, -0.25) is 0 Å². The van der Waals surface area contributed by atoms with E-state index in [-0.39, 0.29) is 11.1 Å². The van der Waals surface area contributed by atoms with Crippen molar-refractivity contribution in [2.24, 2.45) is 5.41 Å². The maximum absolute atomic E-state index is 10.8. The zero-order valence-corrected chi connectivity index (χ0v) is 10.2. The molecular weight excluding hydrogens is 216 g/mol. The molecule has 1 fully saturated rings. The molecule has 92 valence electrons. The average molecular weight is 234 g/mol. The van der Waals surface area contributed by atoms with Crippen molar-refractivity contribution in [3.05, 3.63) is 23.9 Å². The lowest BCUT2D eigenvalue weighted by molar-refractivity contribution is 0.0690. The Balaban J connectivity index is 2.13. The van der Waals surface area contributed by atoms with E-state index in [1.807, 2.05) is 6.07 Å². The summed E-state index contributed by atoms with van der Waals surface area (Å²) in [5, 5.41) is 12.2. The summed E-state index contributed by atoms with van der Waals surface area (Å²) in [5.41, 5.74) is 0.340. The predicted octanol–water partition coefficient (Wildman–Crippen LogP) is 2.77. The summed E-state index contributed by atoms with van der Waals surface area (Å²) >= 11 is 0. The molecule has 0 aliphatic heterocycles. The van der Waals surface area contributed by atoms with Gasteiger partial charge in [0.2, 0.25) is 0 Å². The molecule has 0 bridgehead atoms. The van der Waals surface area contributed by atoms with Gasteiger partial charge in [0, 0.05) is 6.04 Å². The normalized spacial score (nSPS) is 22.4.